The van der Waals surface area contributed by atoms with E-state index in [1.165, 1.54) is 11.8 Å². The van der Waals surface area contributed by atoms with Crippen molar-refractivity contribution in [3.63, 3.8) is 0 Å². The van der Waals surface area contributed by atoms with Crippen molar-refractivity contribution in [1.82, 2.24) is 5.32 Å². The Hall–Kier alpha value is -3.45. The van der Waals surface area contributed by atoms with Crippen LogP contribution in [0.5, 0.6) is 11.5 Å². The fraction of sp³-hybridized carbons (Fsp3) is 0.0714. The molecule has 1 amide bonds. The Kier molecular flexibility index (Phi) is 7.18. The molecule has 5 nitrogen and oxygen atoms in total. The van der Waals surface area contributed by atoms with Gasteiger partial charge >= 0.3 is 0 Å². The number of amides is 1. The minimum atomic E-state index is -0.225. The number of rotatable bonds is 6. The maximum absolute atomic E-state index is 12.7. The number of nitrogens with one attached hydrogen (secondary N) is 1. The summed E-state index contributed by atoms with van der Waals surface area (Å²) in [6.45, 7) is 0.305. The number of aliphatic imine (C=N–C) groups is 1. The molecule has 0 atom stereocenters. The highest BCUT2D eigenvalue weighted by molar-refractivity contribution is 8.18. The van der Waals surface area contributed by atoms with E-state index in [4.69, 9.17) is 32.7 Å². The minimum absolute atomic E-state index is 0.225. The van der Waals surface area contributed by atoms with Crippen molar-refractivity contribution >= 4 is 68.6 Å². The largest absolute Gasteiger partial charge is 0.493 e. The summed E-state index contributed by atoms with van der Waals surface area (Å²) in [7, 11) is 1.55. The number of benzene rings is 4. The molecular weight excluding hydrogens is 515 g/mol. The molecule has 1 aliphatic heterocycles. The van der Waals surface area contributed by atoms with Crippen LogP contribution >= 0.6 is 35.0 Å². The van der Waals surface area contributed by atoms with Crippen LogP contribution in [-0.4, -0.2) is 18.2 Å². The normalized spacial score (nSPS) is 15.5. The van der Waals surface area contributed by atoms with Crippen LogP contribution in [0.25, 0.3) is 16.8 Å². The summed E-state index contributed by atoms with van der Waals surface area (Å²) >= 11 is 13.8. The van der Waals surface area contributed by atoms with Gasteiger partial charge in [-0.25, -0.2) is 4.99 Å². The van der Waals surface area contributed by atoms with Crippen LogP contribution in [-0.2, 0) is 11.4 Å². The Morgan fingerprint density at radius 3 is 2.58 bits per heavy atom. The Morgan fingerprint density at radius 2 is 1.78 bits per heavy atom. The van der Waals surface area contributed by atoms with E-state index in [9.17, 15) is 4.79 Å². The minimum Gasteiger partial charge on any atom is -0.493 e. The van der Waals surface area contributed by atoms with Crippen molar-refractivity contribution < 1.29 is 14.3 Å². The summed E-state index contributed by atoms with van der Waals surface area (Å²) in [5, 5.41) is 6.50. The highest BCUT2D eigenvalue weighted by Gasteiger charge is 2.24. The molecule has 0 unspecified atom stereocenters. The summed E-state index contributed by atoms with van der Waals surface area (Å²) in [6, 6.07) is 24.8. The third-order valence-electron chi connectivity index (χ3n) is 5.49. The Labute approximate surface area is 222 Å². The van der Waals surface area contributed by atoms with Gasteiger partial charge in [0.1, 0.15) is 6.61 Å². The van der Waals surface area contributed by atoms with E-state index in [0.29, 0.717) is 43.8 Å². The molecule has 1 fully saturated rings. The lowest BCUT2D eigenvalue weighted by Crippen LogP contribution is -2.19. The topological polar surface area (TPSA) is 59.9 Å². The van der Waals surface area contributed by atoms with Gasteiger partial charge in [0.15, 0.2) is 16.7 Å². The van der Waals surface area contributed by atoms with E-state index in [2.05, 4.69) is 10.3 Å². The average molecular weight is 535 g/mol. The molecule has 1 saturated heterocycles. The maximum atomic E-state index is 12.7. The summed E-state index contributed by atoms with van der Waals surface area (Å²) in [5.74, 6) is 0.673. The number of carbonyl (C=O) groups excluding carboxylic acids is 1. The van der Waals surface area contributed by atoms with Gasteiger partial charge in [-0.3, -0.25) is 4.79 Å². The number of ether oxygens (including phenoxy) is 2. The number of nitrogens with zero attached hydrogens (tertiary/aromatic N) is 1. The standard InChI is InChI=1S/C28H20Cl2N2O3S/c1-34-24-14-18(13-22(30)26(24)35-16-17-9-11-20(29)12-10-17)15-25-27(33)32-28(36-25)31-23-8-4-6-19-5-2-3-7-21(19)23/h2-15H,16H2,1H3,(H,31,32,33)/b25-15-. The molecule has 0 spiro atoms. The number of halogens is 2. The van der Waals surface area contributed by atoms with Crippen LogP contribution < -0.4 is 14.8 Å². The maximum Gasteiger partial charge on any atom is 0.264 e. The molecule has 4 aromatic carbocycles. The zero-order valence-corrected chi connectivity index (χ0v) is 21.5. The van der Waals surface area contributed by atoms with Crippen LogP contribution in [0.2, 0.25) is 10.0 Å². The van der Waals surface area contributed by atoms with Gasteiger partial charge in [0.25, 0.3) is 5.91 Å². The highest BCUT2D eigenvalue weighted by Crippen LogP contribution is 2.39. The molecule has 0 radical (unpaired) electrons. The third-order valence-corrected chi connectivity index (χ3v) is 6.93. The molecule has 1 N–H and O–H groups in total. The lowest BCUT2D eigenvalue weighted by Gasteiger charge is -2.13. The number of thioether (sulfide) groups is 1. The molecule has 1 aliphatic rings. The first kappa shape index (κ1) is 24.3. The number of carbonyl (C=O) groups is 1. The van der Waals surface area contributed by atoms with Crippen molar-refractivity contribution in [2.45, 2.75) is 6.61 Å². The SMILES string of the molecule is COc1cc(/C=C2\SC(=Nc3cccc4ccccc34)NC2=O)cc(Cl)c1OCc1ccc(Cl)cc1. The lowest BCUT2D eigenvalue weighted by atomic mass is 10.1. The molecule has 0 aliphatic carbocycles. The second-order valence-corrected chi connectivity index (χ2v) is 9.80. The fourth-order valence-electron chi connectivity index (χ4n) is 3.75. The zero-order valence-electron chi connectivity index (χ0n) is 19.1. The third kappa shape index (κ3) is 5.36. The average Bonchev–Trinajstić information content (AvgIpc) is 3.22. The van der Waals surface area contributed by atoms with Crippen LogP contribution in [0, 0.1) is 0 Å². The Bertz CT molecular complexity index is 1510. The molecule has 180 valence electrons. The molecule has 8 heteroatoms. The van der Waals surface area contributed by atoms with Gasteiger partial charge < -0.3 is 14.8 Å². The van der Waals surface area contributed by atoms with Gasteiger partial charge in [-0.15, -0.1) is 0 Å². The first-order chi connectivity index (χ1) is 17.5. The molecule has 1 heterocycles. The van der Waals surface area contributed by atoms with Gasteiger partial charge in [0.05, 0.1) is 22.7 Å². The molecule has 4 aromatic rings. The van der Waals surface area contributed by atoms with Gasteiger partial charge in [-0.1, -0.05) is 71.7 Å². The summed E-state index contributed by atoms with van der Waals surface area (Å²) in [4.78, 5) is 17.8. The summed E-state index contributed by atoms with van der Waals surface area (Å²) in [5.41, 5.74) is 2.45. The highest BCUT2D eigenvalue weighted by atomic mass is 35.5. The molecule has 0 saturated carbocycles. The first-order valence-electron chi connectivity index (χ1n) is 11.0. The quantitative estimate of drug-likeness (QED) is 0.258. The van der Waals surface area contributed by atoms with Crippen molar-refractivity contribution in [3.05, 3.63) is 105 Å². The van der Waals surface area contributed by atoms with Crippen molar-refractivity contribution in [3.8, 4) is 11.5 Å². The number of hydrogen-bond donors (Lipinski definition) is 1. The monoisotopic (exact) mass is 534 g/mol. The summed E-state index contributed by atoms with van der Waals surface area (Å²) in [6.07, 6.45) is 1.75. The lowest BCUT2D eigenvalue weighted by molar-refractivity contribution is -0.115. The summed E-state index contributed by atoms with van der Waals surface area (Å²) < 4.78 is 11.4. The van der Waals surface area contributed by atoms with Gasteiger partial charge in [-0.2, -0.15) is 0 Å². The van der Waals surface area contributed by atoms with Crippen LogP contribution in [0.15, 0.2) is 88.8 Å². The van der Waals surface area contributed by atoms with Crippen molar-refractivity contribution in [1.29, 1.82) is 0 Å². The van der Waals surface area contributed by atoms with Crippen LogP contribution in [0.1, 0.15) is 11.1 Å². The van der Waals surface area contributed by atoms with Gasteiger partial charge in [0, 0.05) is 10.4 Å². The molecule has 36 heavy (non-hydrogen) atoms. The number of hydrogen-bond acceptors (Lipinski definition) is 5. The first-order valence-corrected chi connectivity index (χ1v) is 12.6. The molecular formula is C28H20Cl2N2O3S. The number of methoxy groups -OCH3 is 1. The van der Waals surface area contributed by atoms with E-state index in [1.54, 1.807) is 37.5 Å². The molecule has 0 bridgehead atoms. The van der Waals surface area contributed by atoms with E-state index in [0.717, 1.165) is 22.0 Å². The van der Waals surface area contributed by atoms with Gasteiger partial charge in [-0.05, 0) is 64.7 Å². The van der Waals surface area contributed by atoms with Crippen molar-refractivity contribution in [2.75, 3.05) is 7.11 Å². The Balaban J connectivity index is 1.37. The zero-order chi connectivity index (χ0) is 25.1. The predicted molar refractivity (Wildman–Crippen MR) is 149 cm³/mol. The number of amidine groups is 1. The van der Waals surface area contributed by atoms with E-state index in [-0.39, 0.29) is 5.91 Å². The van der Waals surface area contributed by atoms with Crippen LogP contribution in [0.4, 0.5) is 5.69 Å². The predicted octanol–water partition coefficient (Wildman–Crippen LogP) is 7.63. The van der Waals surface area contributed by atoms with Crippen molar-refractivity contribution in [2.24, 2.45) is 4.99 Å². The number of fused-ring (bicyclic) bond motifs is 1. The second kappa shape index (κ2) is 10.7. The van der Waals surface area contributed by atoms with E-state index >= 15 is 0 Å². The molecule has 0 aromatic heterocycles. The Morgan fingerprint density at radius 1 is 1.00 bits per heavy atom. The van der Waals surface area contributed by atoms with E-state index < -0.39 is 0 Å². The van der Waals surface area contributed by atoms with Gasteiger partial charge in [0.2, 0.25) is 0 Å². The molecule has 5 rings (SSSR count). The van der Waals surface area contributed by atoms with E-state index in [1.807, 2.05) is 54.6 Å². The smallest absolute Gasteiger partial charge is 0.264 e. The second-order valence-electron chi connectivity index (χ2n) is 7.93. The van der Waals surface area contributed by atoms with Crippen LogP contribution in [0.3, 0.4) is 0 Å². The fourth-order valence-corrected chi connectivity index (χ4v) is 4.98.